The summed E-state index contributed by atoms with van der Waals surface area (Å²) in [5.41, 5.74) is 1.77. The molecule has 3 rings (SSSR count). The zero-order valence-electron chi connectivity index (χ0n) is 15.9. The molecule has 0 saturated carbocycles. The van der Waals surface area contributed by atoms with E-state index in [1.807, 2.05) is 36.4 Å². The van der Waals surface area contributed by atoms with Gasteiger partial charge in [0.2, 0.25) is 21.8 Å². The van der Waals surface area contributed by atoms with Crippen molar-refractivity contribution in [3.05, 3.63) is 59.8 Å². The van der Waals surface area contributed by atoms with Crippen molar-refractivity contribution in [2.75, 3.05) is 12.8 Å². The maximum absolute atomic E-state index is 12.6. The Morgan fingerprint density at radius 3 is 2.75 bits per heavy atom. The maximum Gasteiger partial charge on any atom is 0.238 e. The quantitative estimate of drug-likeness (QED) is 0.765. The van der Waals surface area contributed by atoms with Crippen LogP contribution in [0.3, 0.4) is 0 Å². The molecule has 0 bridgehead atoms. The molecule has 8 heteroatoms. The molecule has 1 aromatic heterocycles. The molecule has 1 N–H and O–H groups in total. The molecule has 0 spiro atoms. The molecule has 0 unspecified atom stereocenters. The van der Waals surface area contributed by atoms with Gasteiger partial charge < -0.3 is 10.1 Å². The first-order chi connectivity index (χ1) is 13.4. The Bertz CT molecular complexity index is 903. The molecule has 1 fully saturated rings. The van der Waals surface area contributed by atoms with Gasteiger partial charge in [0, 0.05) is 24.8 Å². The largest absolute Gasteiger partial charge is 0.473 e. The zero-order valence-corrected chi connectivity index (χ0v) is 16.7. The Labute approximate surface area is 165 Å². The van der Waals surface area contributed by atoms with Crippen LogP contribution in [0.15, 0.2) is 48.7 Å². The maximum atomic E-state index is 12.6. The average Bonchev–Trinajstić information content (AvgIpc) is 2.71. The molecule has 1 aliphatic rings. The standard InChI is InChI=1S/C20H25N3O4S/c1-28(25,26)23-13-6-5-11-18(23)19(24)22-14-17-10-7-12-21-20(17)27-15-16-8-3-2-4-9-16/h2-4,7-10,12,18H,5-6,11,13-15H2,1H3,(H,22,24)/t18-/m1/s1. The highest BCUT2D eigenvalue weighted by molar-refractivity contribution is 7.88. The topological polar surface area (TPSA) is 88.6 Å². The van der Waals surface area contributed by atoms with Crippen LogP contribution in [-0.4, -0.2) is 42.5 Å². The minimum Gasteiger partial charge on any atom is -0.473 e. The summed E-state index contributed by atoms with van der Waals surface area (Å²) in [5, 5.41) is 2.84. The smallest absolute Gasteiger partial charge is 0.238 e. The van der Waals surface area contributed by atoms with Crippen molar-refractivity contribution in [3.8, 4) is 5.88 Å². The molecule has 28 heavy (non-hydrogen) atoms. The molecule has 1 aliphatic heterocycles. The van der Waals surface area contributed by atoms with Crippen LogP contribution in [0.2, 0.25) is 0 Å². The van der Waals surface area contributed by atoms with Crippen molar-refractivity contribution >= 4 is 15.9 Å². The number of ether oxygens (including phenoxy) is 1. The number of rotatable bonds is 7. The van der Waals surface area contributed by atoms with Gasteiger partial charge in [0.1, 0.15) is 12.6 Å². The second-order valence-corrected chi connectivity index (χ2v) is 8.78. The van der Waals surface area contributed by atoms with Gasteiger partial charge in [-0.05, 0) is 24.5 Å². The molecule has 1 amide bonds. The van der Waals surface area contributed by atoms with Crippen LogP contribution in [0, 0.1) is 0 Å². The Hall–Kier alpha value is -2.45. The minimum atomic E-state index is -3.41. The fourth-order valence-electron chi connectivity index (χ4n) is 3.28. The number of hydrogen-bond acceptors (Lipinski definition) is 5. The Balaban J connectivity index is 1.63. The van der Waals surface area contributed by atoms with E-state index in [-0.39, 0.29) is 12.5 Å². The summed E-state index contributed by atoms with van der Waals surface area (Å²) in [7, 11) is -3.41. The second-order valence-electron chi connectivity index (χ2n) is 6.85. The van der Waals surface area contributed by atoms with E-state index in [9.17, 15) is 13.2 Å². The highest BCUT2D eigenvalue weighted by Crippen LogP contribution is 2.21. The monoisotopic (exact) mass is 403 g/mol. The average molecular weight is 404 g/mol. The fourth-order valence-corrected chi connectivity index (χ4v) is 4.40. The van der Waals surface area contributed by atoms with Crippen LogP contribution >= 0.6 is 0 Å². The van der Waals surface area contributed by atoms with E-state index in [4.69, 9.17) is 4.74 Å². The molecule has 2 aromatic rings. The third kappa shape index (κ3) is 5.30. The van der Waals surface area contributed by atoms with Crippen molar-refractivity contribution < 1.29 is 17.9 Å². The van der Waals surface area contributed by atoms with Crippen molar-refractivity contribution in [2.24, 2.45) is 0 Å². The fraction of sp³-hybridized carbons (Fsp3) is 0.400. The van der Waals surface area contributed by atoms with E-state index in [0.717, 1.165) is 30.2 Å². The van der Waals surface area contributed by atoms with E-state index in [2.05, 4.69) is 10.3 Å². The highest BCUT2D eigenvalue weighted by atomic mass is 32.2. The second kappa shape index (κ2) is 9.16. The number of carbonyl (C=O) groups excluding carboxylic acids is 1. The van der Waals surface area contributed by atoms with Gasteiger partial charge in [-0.3, -0.25) is 4.79 Å². The van der Waals surface area contributed by atoms with Crippen LogP contribution < -0.4 is 10.1 Å². The van der Waals surface area contributed by atoms with Gasteiger partial charge in [-0.2, -0.15) is 4.31 Å². The summed E-state index contributed by atoms with van der Waals surface area (Å²) in [6.07, 6.45) is 4.93. The molecule has 1 atom stereocenters. The highest BCUT2D eigenvalue weighted by Gasteiger charge is 2.34. The molecular weight excluding hydrogens is 378 g/mol. The van der Waals surface area contributed by atoms with Gasteiger partial charge in [0.15, 0.2) is 0 Å². The first-order valence-corrected chi connectivity index (χ1v) is 11.1. The van der Waals surface area contributed by atoms with Gasteiger partial charge in [-0.1, -0.05) is 42.8 Å². The first-order valence-electron chi connectivity index (χ1n) is 9.30. The number of aromatic nitrogens is 1. The first kappa shape index (κ1) is 20.3. The third-order valence-electron chi connectivity index (χ3n) is 4.70. The van der Waals surface area contributed by atoms with Gasteiger partial charge in [0.05, 0.1) is 6.26 Å². The Morgan fingerprint density at radius 1 is 1.21 bits per heavy atom. The van der Waals surface area contributed by atoms with Gasteiger partial charge in [-0.25, -0.2) is 13.4 Å². The number of nitrogens with zero attached hydrogens (tertiary/aromatic N) is 2. The SMILES string of the molecule is CS(=O)(=O)N1CCCC[C@@H]1C(=O)NCc1cccnc1OCc1ccccc1. The van der Waals surface area contributed by atoms with E-state index in [1.54, 1.807) is 12.3 Å². The van der Waals surface area contributed by atoms with Crippen molar-refractivity contribution in [1.82, 2.24) is 14.6 Å². The van der Waals surface area contributed by atoms with Crippen molar-refractivity contribution in [3.63, 3.8) is 0 Å². The zero-order chi connectivity index (χ0) is 20.0. The molecule has 2 heterocycles. The lowest BCUT2D eigenvalue weighted by Gasteiger charge is -2.32. The predicted molar refractivity (Wildman–Crippen MR) is 106 cm³/mol. The summed E-state index contributed by atoms with van der Waals surface area (Å²) < 4.78 is 31.0. The van der Waals surface area contributed by atoms with Crippen LogP contribution in [0.25, 0.3) is 0 Å². The summed E-state index contributed by atoms with van der Waals surface area (Å²) in [5.74, 6) is 0.165. The van der Waals surface area contributed by atoms with Crippen molar-refractivity contribution in [1.29, 1.82) is 0 Å². The number of carbonyl (C=O) groups is 1. The van der Waals surface area contributed by atoms with E-state index >= 15 is 0 Å². The number of hydrogen-bond donors (Lipinski definition) is 1. The summed E-state index contributed by atoms with van der Waals surface area (Å²) in [6, 6.07) is 12.7. The van der Waals surface area contributed by atoms with Crippen molar-refractivity contribution in [2.45, 2.75) is 38.5 Å². The van der Waals surface area contributed by atoms with Gasteiger partial charge in [0.25, 0.3) is 0 Å². The number of amides is 1. The normalized spacial score (nSPS) is 17.8. The summed E-state index contributed by atoms with van der Waals surface area (Å²) >= 11 is 0. The molecule has 0 radical (unpaired) electrons. The van der Waals surface area contributed by atoms with E-state index in [1.165, 1.54) is 4.31 Å². The van der Waals surface area contributed by atoms with Crippen LogP contribution in [0.4, 0.5) is 0 Å². The lowest BCUT2D eigenvalue weighted by atomic mass is 10.0. The molecule has 0 aliphatic carbocycles. The van der Waals surface area contributed by atoms with Crippen LogP contribution in [0.1, 0.15) is 30.4 Å². The number of sulfonamides is 1. The molecule has 150 valence electrons. The van der Waals surface area contributed by atoms with E-state index < -0.39 is 16.1 Å². The molecule has 1 aromatic carbocycles. The number of nitrogens with one attached hydrogen (secondary N) is 1. The van der Waals surface area contributed by atoms with Gasteiger partial charge >= 0.3 is 0 Å². The van der Waals surface area contributed by atoms with Gasteiger partial charge in [-0.15, -0.1) is 0 Å². The summed E-state index contributed by atoms with van der Waals surface area (Å²) in [6.45, 7) is 0.990. The molecule has 1 saturated heterocycles. The molecule has 7 nitrogen and oxygen atoms in total. The van der Waals surface area contributed by atoms with Crippen LogP contribution in [0.5, 0.6) is 5.88 Å². The van der Waals surface area contributed by atoms with Crippen LogP contribution in [-0.2, 0) is 28.0 Å². The number of piperidine rings is 1. The van der Waals surface area contributed by atoms with E-state index in [0.29, 0.717) is 25.5 Å². The third-order valence-corrected chi connectivity index (χ3v) is 5.99. The lowest BCUT2D eigenvalue weighted by molar-refractivity contribution is -0.125. The Kier molecular flexibility index (Phi) is 6.64. The number of benzene rings is 1. The summed E-state index contributed by atoms with van der Waals surface area (Å²) in [4.78, 5) is 16.9. The Morgan fingerprint density at radius 2 is 2.00 bits per heavy atom. The number of pyridine rings is 1. The lowest BCUT2D eigenvalue weighted by Crippen LogP contribution is -2.51. The molecular formula is C20H25N3O4S. The predicted octanol–water partition coefficient (Wildman–Crippen LogP) is 2.09. The minimum absolute atomic E-state index is 0.227.